The van der Waals surface area contributed by atoms with Crippen LogP contribution in [0.1, 0.15) is 258 Å². The minimum atomic E-state index is -1.54. The van der Waals surface area contributed by atoms with Gasteiger partial charge in [0, 0.05) is 13.0 Å². The molecule has 0 radical (unpaired) electrons. The SMILES string of the molecule is CCCCC/C=C\C/C=C\CCCCCCCCCCCC(=O)OC(COCCCCCCCCCCCCCC/C=C\CCCCCCCCCC)COC1OC(CO)C(O)C(O)C1O. The molecule has 1 heterocycles. The van der Waals surface area contributed by atoms with Gasteiger partial charge in [-0.05, 0) is 70.6 Å². The lowest BCUT2D eigenvalue weighted by Crippen LogP contribution is -2.59. The van der Waals surface area contributed by atoms with Crippen LogP contribution in [0.15, 0.2) is 36.5 Å². The topological polar surface area (TPSA) is 135 Å². The number of aliphatic hydroxyl groups excluding tert-OH is 4. The predicted molar refractivity (Wildman–Crippen MR) is 275 cm³/mol. The molecule has 4 N–H and O–H groups in total. The van der Waals surface area contributed by atoms with Crippen LogP contribution in [0.2, 0.25) is 0 Å². The molecule has 9 heteroatoms. The van der Waals surface area contributed by atoms with E-state index in [0.717, 1.165) is 38.5 Å². The van der Waals surface area contributed by atoms with Crippen LogP contribution >= 0.6 is 0 Å². The molecule has 0 aromatic carbocycles. The zero-order valence-electron chi connectivity index (χ0n) is 43.0. The molecule has 1 saturated heterocycles. The number of unbranched alkanes of at least 4 members (excludes halogenated alkanes) is 32. The molecule has 0 saturated carbocycles. The fourth-order valence-corrected chi connectivity index (χ4v) is 8.64. The first-order valence-corrected chi connectivity index (χ1v) is 28.1. The highest BCUT2D eigenvalue weighted by Crippen LogP contribution is 2.23. The standard InChI is InChI=1S/C57H106O9/c1-3-5-7-9-11-13-15-17-19-21-23-24-25-26-27-29-31-33-35-37-39-41-43-45-47-63-49-51(50-64-57-56(62)55(61)54(60)52(48-58)66-57)65-53(59)46-44-42-40-38-36-34-32-30-28-22-20-18-16-14-12-10-8-6-4-2/h12,14,18,20-21,23,51-52,54-58,60-62H,3-11,13,15-17,19,22,24-50H2,1-2H3/b14-12-,20-18-,23-21-. The largest absolute Gasteiger partial charge is 0.457 e. The summed E-state index contributed by atoms with van der Waals surface area (Å²) in [5.41, 5.74) is 0. The minimum Gasteiger partial charge on any atom is -0.457 e. The number of allylic oxidation sites excluding steroid dienone is 6. The maximum absolute atomic E-state index is 12.9. The second-order valence-corrected chi connectivity index (χ2v) is 19.4. The number of hydrogen-bond acceptors (Lipinski definition) is 9. The third-order valence-electron chi connectivity index (χ3n) is 13.0. The Labute approximate surface area is 406 Å². The molecule has 1 fully saturated rings. The van der Waals surface area contributed by atoms with Crippen molar-refractivity contribution in [2.75, 3.05) is 26.4 Å². The van der Waals surface area contributed by atoms with Crippen LogP contribution in [0.5, 0.6) is 0 Å². The Morgan fingerprint density at radius 2 is 0.879 bits per heavy atom. The second kappa shape index (κ2) is 48.4. The smallest absolute Gasteiger partial charge is 0.306 e. The summed E-state index contributed by atoms with van der Waals surface area (Å²) in [4.78, 5) is 12.9. The Hall–Kier alpha value is -1.59. The summed E-state index contributed by atoms with van der Waals surface area (Å²) < 4.78 is 23.0. The molecular formula is C57H106O9. The lowest BCUT2D eigenvalue weighted by molar-refractivity contribution is -0.305. The average molecular weight is 935 g/mol. The van der Waals surface area contributed by atoms with Crippen molar-refractivity contribution in [1.82, 2.24) is 0 Å². The molecule has 1 aliphatic rings. The van der Waals surface area contributed by atoms with Gasteiger partial charge in [-0.25, -0.2) is 0 Å². The maximum atomic E-state index is 12.9. The van der Waals surface area contributed by atoms with Crippen molar-refractivity contribution < 1.29 is 44.2 Å². The lowest BCUT2D eigenvalue weighted by atomic mass is 9.99. The number of carbonyl (C=O) groups is 1. The van der Waals surface area contributed by atoms with Crippen molar-refractivity contribution in [3.8, 4) is 0 Å². The molecule has 6 atom stereocenters. The molecule has 0 aliphatic carbocycles. The van der Waals surface area contributed by atoms with E-state index in [4.69, 9.17) is 18.9 Å². The van der Waals surface area contributed by atoms with Crippen molar-refractivity contribution in [3.05, 3.63) is 36.5 Å². The van der Waals surface area contributed by atoms with Gasteiger partial charge in [-0.3, -0.25) is 4.79 Å². The molecular weight excluding hydrogens is 829 g/mol. The second-order valence-electron chi connectivity index (χ2n) is 19.4. The molecule has 0 aromatic heterocycles. The van der Waals surface area contributed by atoms with Crippen LogP contribution in [-0.4, -0.2) is 89.6 Å². The number of carbonyl (C=O) groups excluding carboxylic acids is 1. The molecule has 6 unspecified atom stereocenters. The van der Waals surface area contributed by atoms with E-state index in [1.54, 1.807) is 0 Å². The fraction of sp³-hybridized carbons (Fsp3) is 0.877. The third kappa shape index (κ3) is 38.3. The van der Waals surface area contributed by atoms with Crippen LogP contribution < -0.4 is 0 Å². The molecule has 0 spiro atoms. The molecule has 388 valence electrons. The summed E-state index contributed by atoms with van der Waals surface area (Å²) in [6, 6.07) is 0. The highest BCUT2D eigenvalue weighted by molar-refractivity contribution is 5.69. The summed E-state index contributed by atoms with van der Waals surface area (Å²) in [6.45, 7) is 4.57. The Balaban J connectivity index is 2.16. The maximum Gasteiger partial charge on any atom is 0.306 e. The van der Waals surface area contributed by atoms with Crippen LogP contribution in [0.25, 0.3) is 0 Å². The summed E-state index contributed by atoms with van der Waals surface area (Å²) in [5, 5.41) is 40.3. The monoisotopic (exact) mass is 935 g/mol. The summed E-state index contributed by atoms with van der Waals surface area (Å²) in [5.74, 6) is -0.315. The Morgan fingerprint density at radius 3 is 1.35 bits per heavy atom. The summed E-state index contributed by atoms with van der Waals surface area (Å²) in [6.07, 6.45) is 53.3. The van der Waals surface area contributed by atoms with E-state index >= 15 is 0 Å². The summed E-state index contributed by atoms with van der Waals surface area (Å²) in [7, 11) is 0. The van der Waals surface area contributed by atoms with Crippen LogP contribution in [0.4, 0.5) is 0 Å². The van der Waals surface area contributed by atoms with Gasteiger partial charge in [0.1, 0.15) is 30.5 Å². The Morgan fingerprint density at radius 1 is 0.485 bits per heavy atom. The van der Waals surface area contributed by atoms with Crippen LogP contribution in [0, 0.1) is 0 Å². The van der Waals surface area contributed by atoms with Gasteiger partial charge in [0.2, 0.25) is 0 Å². The molecule has 0 aromatic rings. The predicted octanol–water partition coefficient (Wildman–Crippen LogP) is 14.3. The van der Waals surface area contributed by atoms with E-state index in [9.17, 15) is 25.2 Å². The number of hydrogen-bond donors (Lipinski definition) is 4. The van der Waals surface area contributed by atoms with Crippen molar-refractivity contribution >= 4 is 5.97 Å². The minimum absolute atomic E-state index is 0.113. The van der Waals surface area contributed by atoms with E-state index in [2.05, 4.69) is 50.3 Å². The number of esters is 1. The van der Waals surface area contributed by atoms with Crippen LogP contribution in [0.3, 0.4) is 0 Å². The number of rotatable bonds is 49. The van der Waals surface area contributed by atoms with E-state index in [1.807, 2.05) is 0 Å². The number of aliphatic hydroxyl groups is 4. The van der Waals surface area contributed by atoms with E-state index < -0.39 is 43.4 Å². The van der Waals surface area contributed by atoms with Crippen molar-refractivity contribution in [2.45, 2.75) is 295 Å². The van der Waals surface area contributed by atoms with Gasteiger partial charge in [0.25, 0.3) is 0 Å². The number of ether oxygens (including phenoxy) is 4. The zero-order chi connectivity index (χ0) is 47.8. The molecule has 0 amide bonds. The highest BCUT2D eigenvalue weighted by atomic mass is 16.7. The van der Waals surface area contributed by atoms with Gasteiger partial charge in [-0.2, -0.15) is 0 Å². The van der Waals surface area contributed by atoms with Gasteiger partial charge >= 0.3 is 5.97 Å². The normalized spacial score (nSPS) is 19.5. The quantitative estimate of drug-likeness (QED) is 0.0267. The summed E-state index contributed by atoms with van der Waals surface area (Å²) >= 11 is 0. The third-order valence-corrected chi connectivity index (χ3v) is 13.0. The lowest BCUT2D eigenvalue weighted by Gasteiger charge is -2.39. The molecule has 9 nitrogen and oxygen atoms in total. The fourth-order valence-electron chi connectivity index (χ4n) is 8.64. The highest BCUT2D eigenvalue weighted by Gasteiger charge is 2.44. The molecule has 1 rings (SSSR count). The van der Waals surface area contributed by atoms with Crippen LogP contribution in [-0.2, 0) is 23.7 Å². The molecule has 0 bridgehead atoms. The van der Waals surface area contributed by atoms with Gasteiger partial charge in [0.15, 0.2) is 6.29 Å². The van der Waals surface area contributed by atoms with E-state index in [1.165, 1.54) is 199 Å². The molecule has 1 aliphatic heterocycles. The Bertz CT molecular complexity index is 1110. The van der Waals surface area contributed by atoms with E-state index in [0.29, 0.717) is 13.0 Å². The van der Waals surface area contributed by atoms with Gasteiger partial charge in [-0.15, -0.1) is 0 Å². The first kappa shape index (κ1) is 62.4. The Kier molecular flexibility index (Phi) is 45.8. The first-order valence-electron chi connectivity index (χ1n) is 28.1. The zero-order valence-corrected chi connectivity index (χ0v) is 43.0. The van der Waals surface area contributed by atoms with Gasteiger partial charge < -0.3 is 39.4 Å². The van der Waals surface area contributed by atoms with Gasteiger partial charge in [0.05, 0.1) is 19.8 Å². The molecule has 66 heavy (non-hydrogen) atoms. The van der Waals surface area contributed by atoms with Crippen molar-refractivity contribution in [1.29, 1.82) is 0 Å². The van der Waals surface area contributed by atoms with Gasteiger partial charge in [-0.1, -0.05) is 217 Å². The van der Waals surface area contributed by atoms with E-state index in [-0.39, 0.29) is 19.2 Å². The average Bonchev–Trinajstić information content (AvgIpc) is 3.32. The first-order chi connectivity index (χ1) is 32.4. The van der Waals surface area contributed by atoms with Crippen molar-refractivity contribution in [2.24, 2.45) is 0 Å². The van der Waals surface area contributed by atoms with Crippen molar-refractivity contribution in [3.63, 3.8) is 0 Å².